The maximum atomic E-state index is 14.4. The predicted molar refractivity (Wildman–Crippen MR) is 112 cm³/mol. The van der Waals surface area contributed by atoms with Gasteiger partial charge in [-0.05, 0) is 44.9 Å². The molecule has 0 heterocycles. The van der Waals surface area contributed by atoms with E-state index in [-0.39, 0.29) is 17.1 Å². The van der Waals surface area contributed by atoms with Crippen LogP contribution < -0.4 is 10.0 Å². The zero-order valence-corrected chi connectivity index (χ0v) is 16.6. The van der Waals surface area contributed by atoms with Gasteiger partial charge in [0.1, 0.15) is 17.4 Å². The number of nitrogens with one attached hydrogen (secondary N) is 2. The average Bonchev–Trinajstić information content (AvgIpc) is 2.62. The molecule has 0 unspecified atom stereocenters. The average molecular weight is 395 g/mol. The summed E-state index contributed by atoms with van der Waals surface area (Å²) in [4.78, 5) is 0.841. The van der Waals surface area contributed by atoms with Crippen molar-refractivity contribution < 1.29 is 13.2 Å². The first-order chi connectivity index (χ1) is 12.8. The fraction of sp³-hybridized carbons (Fsp3) is 0.143. The van der Waals surface area contributed by atoms with Gasteiger partial charge in [-0.3, -0.25) is 0 Å². The molecule has 0 rings (SSSR count). The Balaban J connectivity index is 5.91. The fourth-order valence-corrected chi connectivity index (χ4v) is 2.18. The van der Waals surface area contributed by atoms with Crippen LogP contribution in [0.15, 0.2) is 108 Å². The first-order valence-electron chi connectivity index (χ1n) is 8.01. The molecule has 27 heavy (non-hydrogen) atoms. The molecule has 0 spiro atoms. The Kier molecular flexibility index (Phi) is 12.3. The van der Waals surface area contributed by atoms with Gasteiger partial charge < -0.3 is 10.0 Å². The lowest BCUT2D eigenvalue weighted by Crippen LogP contribution is -2.20. The monoisotopic (exact) mass is 394 g/mol. The van der Waals surface area contributed by atoms with Gasteiger partial charge in [-0.15, -0.1) is 0 Å². The summed E-state index contributed by atoms with van der Waals surface area (Å²) in [5, 5.41) is 2.54. The van der Waals surface area contributed by atoms with Crippen molar-refractivity contribution in [1.29, 1.82) is 0 Å². The van der Waals surface area contributed by atoms with Crippen LogP contribution in [0.25, 0.3) is 0 Å². The third kappa shape index (κ3) is 9.61. The second-order valence-electron chi connectivity index (χ2n) is 5.08. The molecule has 0 aromatic heterocycles. The molecule has 0 aliphatic rings. The van der Waals surface area contributed by atoms with E-state index in [1.807, 2.05) is 6.92 Å². The van der Waals surface area contributed by atoms with E-state index in [4.69, 9.17) is 0 Å². The predicted octanol–water partition coefficient (Wildman–Crippen LogP) is 6.97. The van der Waals surface area contributed by atoms with Gasteiger partial charge in [0.15, 0.2) is 5.83 Å². The molecule has 6 heteroatoms. The van der Waals surface area contributed by atoms with Crippen LogP contribution in [0, 0.1) is 0 Å². The van der Waals surface area contributed by atoms with Crippen molar-refractivity contribution in [3.63, 3.8) is 0 Å². The molecule has 0 aliphatic heterocycles. The van der Waals surface area contributed by atoms with Crippen molar-refractivity contribution >= 4 is 11.9 Å². The van der Waals surface area contributed by atoms with Gasteiger partial charge in [0, 0.05) is 4.91 Å². The Hall–Kier alpha value is -2.60. The third-order valence-electron chi connectivity index (χ3n) is 2.90. The van der Waals surface area contributed by atoms with E-state index in [0.717, 1.165) is 11.8 Å². The summed E-state index contributed by atoms with van der Waals surface area (Å²) in [6.07, 6.45) is 12.8. The van der Waals surface area contributed by atoms with Crippen molar-refractivity contribution in [1.82, 2.24) is 10.0 Å². The summed E-state index contributed by atoms with van der Waals surface area (Å²) in [7, 11) is 0. The van der Waals surface area contributed by atoms with E-state index >= 15 is 0 Å². The van der Waals surface area contributed by atoms with E-state index in [1.165, 1.54) is 24.1 Å². The maximum Gasteiger partial charge on any atom is 0.179 e. The number of hydrogen-bond donors (Lipinski definition) is 2. The van der Waals surface area contributed by atoms with E-state index < -0.39 is 17.5 Å². The smallest absolute Gasteiger partial charge is 0.179 e. The van der Waals surface area contributed by atoms with Gasteiger partial charge in [0.25, 0.3) is 0 Å². The SMILES string of the molecule is C=C/C=C\C=C(/C)SN/C(C=C)=C(N/C(=C/C=C/C)C(=C)F)/C(F)=C(\C)F. The molecule has 0 bridgehead atoms. The molecule has 2 N–H and O–H groups in total. The number of rotatable bonds is 11. The maximum absolute atomic E-state index is 14.4. The highest BCUT2D eigenvalue weighted by Crippen LogP contribution is 2.23. The van der Waals surface area contributed by atoms with Crippen molar-refractivity contribution in [3.05, 3.63) is 108 Å². The Morgan fingerprint density at radius 1 is 1.00 bits per heavy atom. The van der Waals surface area contributed by atoms with Gasteiger partial charge >= 0.3 is 0 Å². The molecular formula is C21H25F3N2S. The minimum atomic E-state index is -1.17. The number of hydrogen-bond acceptors (Lipinski definition) is 3. The summed E-state index contributed by atoms with van der Waals surface area (Å²) in [5.74, 6) is -3.05. The molecule has 0 saturated heterocycles. The Morgan fingerprint density at radius 2 is 1.67 bits per heavy atom. The van der Waals surface area contributed by atoms with E-state index in [2.05, 4.69) is 29.8 Å². The molecule has 0 amide bonds. The first-order valence-corrected chi connectivity index (χ1v) is 8.82. The van der Waals surface area contributed by atoms with Crippen LogP contribution in [-0.2, 0) is 0 Å². The molecule has 0 radical (unpaired) electrons. The standard InChI is InChI=1S/C21H25F3N2S/c1-7-10-12-13-15(4)27-26-18(9-3)21(20(24)17(6)23)25-19(16(5)22)14-11-8-2/h7-14,25-26H,1,3,5H2,2,4,6H3/b11-8+,12-10-,15-13+,19-14+,20-17-,21-18-. The Bertz CT molecular complexity index is 735. The van der Waals surface area contributed by atoms with Crippen molar-refractivity contribution in [3.8, 4) is 0 Å². The lowest BCUT2D eigenvalue weighted by molar-refractivity contribution is 0.534. The molecule has 0 aliphatic carbocycles. The second-order valence-corrected chi connectivity index (χ2v) is 6.13. The van der Waals surface area contributed by atoms with Crippen molar-refractivity contribution in [2.24, 2.45) is 0 Å². The highest BCUT2D eigenvalue weighted by atomic mass is 32.2. The fourth-order valence-electron chi connectivity index (χ4n) is 1.57. The number of allylic oxidation sites excluding steroid dienone is 12. The third-order valence-corrected chi connectivity index (χ3v) is 3.68. The molecular weight excluding hydrogens is 369 g/mol. The van der Waals surface area contributed by atoms with Crippen molar-refractivity contribution in [2.45, 2.75) is 20.8 Å². The van der Waals surface area contributed by atoms with E-state index in [0.29, 0.717) is 0 Å². The minimum absolute atomic E-state index is 0.105. The highest BCUT2D eigenvalue weighted by molar-refractivity contribution is 8.01. The van der Waals surface area contributed by atoms with Crippen LogP contribution >= 0.6 is 11.9 Å². The van der Waals surface area contributed by atoms with Gasteiger partial charge in [-0.2, -0.15) is 0 Å². The zero-order chi connectivity index (χ0) is 20.8. The van der Waals surface area contributed by atoms with Crippen LogP contribution in [0.4, 0.5) is 13.2 Å². The van der Waals surface area contributed by atoms with Crippen LogP contribution in [0.2, 0.25) is 0 Å². The summed E-state index contributed by atoms with van der Waals surface area (Å²) >= 11 is 1.17. The zero-order valence-electron chi connectivity index (χ0n) is 15.8. The molecule has 0 aromatic carbocycles. The summed E-state index contributed by atoms with van der Waals surface area (Å²) in [6, 6.07) is 0. The summed E-state index contributed by atoms with van der Waals surface area (Å²) in [5.41, 5.74) is -0.254. The summed E-state index contributed by atoms with van der Waals surface area (Å²) in [6.45, 7) is 14.9. The normalized spacial score (nSPS) is 14.7. The molecule has 0 atom stereocenters. The number of halogens is 3. The molecule has 0 aromatic rings. The molecule has 2 nitrogen and oxygen atoms in total. The largest absolute Gasteiger partial charge is 0.349 e. The minimum Gasteiger partial charge on any atom is -0.349 e. The van der Waals surface area contributed by atoms with Gasteiger partial charge in [-0.1, -0.05) is 56.2 Å². The van der Waals surface area contributed by atoms with Gasteiger partial charge in [0.2, 0.25) is 0 Å². The topological polar surface area (TPSA) is 24.1 Å². The van der Waals surface area contributed by atoms with E-state index in [9.17, 15) is 13.2 Å². The van der Waals surface area contributed by atoms with Gasteiger partial charge in [0.05, 0.1) is 11.4 Å². The van der Waals surface area contributed by atoms with Crippen LogP contribution in [0.3, 0.4) is 0 Å². The Morgan fingerprint density at radius 3 is 2.15 bits per heavy atom. The quantitative estimate of drug-likeness (QED) is 0.292. The lowest BCUT2D eigenvalue weighted by atomic mass is 10.2. The highest BCUT2D eigenvalue weighted by Gasteiger charge is 2.16. The van der Waals surface area contributed by atoms with Crippen LogP contribution in [-0.4, -0.2) is 0 Å². The molecule has 0 saturated carbocycles. The second kappa shape index (κ2) is 13.6. The van der Waals surface area contributed by atoms with Crippen molar-refractivity contribution in [2.75, 3.05) is 0 Å². The van der Waals surface area contributed by atoms with Crippen LogP contribution in [0.5, 0.6) is 0 Å². The Labute approximate surface area is 164 Å². The van der Waals surface area contributed by atoms with Crippen LogP contribution in [0.1, 0.15) is 20.8 Å². The summed E-state index contributed by atoms with van der Waals surface area (Å²) < 4.78 is 44.5. The van der Waals surface area contributed by atoms with Gasteiger partial charge in [-0.25, -0.2) is 13.2 Å². The first kappa shape index (κ1) is 24.4. The molecule has 146 valence electrons. The molecule has 0 fully saturated rings. The van der Waals surface area contributed by atoms with E-state index in [1.54, 1.807) is 43.4 Å². The lowest BCUT2D eigenvalue weighted by Gasteiger charge is -2.16.